The number of hydrogen-bond donors (Lipinski definition) is 1. The third-order valence-electron chi connectivity index (χ3n) is 3.31. The second-order valence-electron chi connectivity index (χ2n) is 4.55. The molecule has 1 aromatic rings. The highest BCUT2D eigenvalue weighted by Gasteiger charge is 2.39. The Morgan fingerprint density at radius 1 is 1.53 bits per heavy atom. The molecule has 1 heterocycles. The van der Waals surface area contributed by atoms with Crippen LogP contribution in [-0.2, 0) is 4.74 Å². The van der Waals surface area contributed by atoms with Gasteiger partial charge in [0.05, 0.1) is 12.7 Å². The van der Waals surface area contributed by atoms with E-state index >= 15 is 0 Å². The maximum absolute atomic E-state index is 10.5. The first kappa shape index (κ1) is 12.7. The summed E-state index contributed by atoms with van der Waals surface area (Å²) in [6.45, 7) is 2.61. The maximum atomic E-state index is 10.5. The van der Waals surface area contributed by atoms with E-state index in [1.54, 1.807) is 25.3 Å². The summed E-state index contributed by atoms with van der Waals surface area (Å²) in [5.41, 5.74) is 0.141. The molecule has 0 saturated carbocycles. The molecule has 0 spiro atoms. The van der Waals surface area contributed by atoms with Gasteiger partial charge in [0, 0.05) is 17.2 Å². The number of halogens is 1. The molecule has 1 aromatic carbocycles. The molecule has 0 bridgehead atoms. The highest BCUT2D eigenvalue weighted by molar-refractivity contribution is 6.30. The summed E-state index contributed by atoms with van der Waals surface area (Å²) in [5, 5.41) is 11.0. The van der Waals surface area contributed by atoms with Gasteiger partial charge >= 0.3 is 0 Å². The Hall–Kier alpha value is -0.770. The van der Waals surface area contributed by atoms with Crippen molar-refractivity contribution < 1.29 is 14.6 Å². The fourth-order valence-corrected chi connectivity index (χ4v) is 2.44. The minimum atomic E-state index is -0.723. The molecule has 3 nitrogen and oxygen atoms in total. The van der Waals surface area contributed by atoms with Gasteiger partial charge in [-0.2, -0.15) is 0 Å². The van der Waals surface area contributed by atoms with Gasteiger partial charge in [-0.15, -0.1) is 0 Å². The Kier molecular flexibility index (Phi) is 3.61. The number of rotatable bonds is 3. The molecule has 2 unspecified atom stereocenters. The standard InChI is InChI=1S/C13H17ClO3/c1-13(6-3-7-17-13)12(15)10-8-9(14)4-5-11(10)16-2/h4-5,8,12,15H,3,6-7H2,1-2H3. The van der Waals surface area contributed by atoms with E-state index in [2.05, 4.69) is 0 Å². The van der Waals surface area contributed by atoms with Crippen LogP contribution < -0.4 is 4.74 Å². The summed E-state index contributed by atoms with van der Waals surface area (Å²) >= 11 is 5.96. The van der Waals surface area contributed by atoms with Gasteiger partial charge in [-0.1, -0.05) is 11.6 Å². The number of aliphatic hydroxyl groups excluding tert-OH is 1. The van der Waals surface area contributed by atoms with Crippen molar-refractivity contribution in [2.24, 2.45) is 0 Å². The number of methoxy groups -OCH3 is 1. The minimum absolute atomic E-state index is 0.544. The molecule has 0 aromatic heterocycles. The first-order chi connectivity index (χ1) is 8.07. The number of benzene rings is 1. The van der Waals surface area contributed by atoms with Crippen molar-refractivity contribution in [2.75, 3.05) is 13.7 Å². The molecule has 17 heavy (non-hydrogen) atoms. The molecule has 2 atom stereocenters. The van der Waals surface area contributed by atoms with Crippen LogP contribution in [0.15, 0.2) is 18.2 Å². The van der Waals surface area contributed by atoms with Gasteiger partial charge in [0.15, 0.2) is 0 Å². The third kappa shape index (κ3) is 2.41. The van der Waals surface area contributed by atoms with E-state index in [0.29, 0.717) is 22.9 Å². The summed E-state index contributed by atoms with van der Waals surface area (Å²) in [6.07, 6.45) is 1.08. The highest BCUT2D eigenvalue weighted by Crippen LogP contribution is 2.41. The zero-order valence-electron chi connectivity index (χ0n) is 10.1. The Balaban J connectivity index is 2.35. The summed E-state index contributed by atoms with van der Waals surface area (Å²) in [7, 11) is 1.58. The van der Waals surface area contributed by atoms with Crippen molar-refractivity contribution >= 4 is 11.6 Å². The average Bonchev–Trinajstić information content (AvgIpc) is 2.76. The van der Waals surface area contributed by atoms with Crippen molar-refractivity contribution in [1.29, 1.82) is 0 Å². The van der Waals surface area contributed by atoms with E-state index in [-0.39, 0.29) is 0 Å². The third-order valence-corrected chi connectivity index (χ3v) is 3.55. The molecule has 94 valence electrons. The van der Waals surface area contributed by atoms with Crippen LogP contribution in [0.3, 0.4) is 0 Å². The van der Waals surface area contributed by atoms with E-state index in [1.165, 1.54) is 0 Å². The topological polar surface area (TPSA) is 38.7 Å². The van der Waals surface area contributed by atoms with Crippen LogP contribution in [0.25, 0.3) is 0 Å². The molecule has 1 N–H and O–H groups in total. The molecule has 0 amide bonds. The highest BCUT2D eigenvalue weighted by atomic mass is 35.5. The van der Waals surface area contributed by atoms with Crippen molar-refractivity contribution in [3.8, 4) is 5.75 Å². The lowest BCUT2D eigenvalue weighted by atomic mass is 9.90. The molecule has 1 saturated heterocycles. The van der Waals surface area contributed by atoms with E-state index in [0.717, 1.165) is 12.8 Å². The number of aliphatic hydroxyl groups is 1. The zero-order valence-corrected chi connectivity index (χ0v) is 10.8. The molecule has 1 aliphatic heterocycles. The normalized spacial score (nSPS) is 25.9. The Labute approximate surface area is 106 Å². The van der Waals surface area contributed by atoms with Gasteiger partial charge in [-0.25, -0.2) is 0 Å². The molecule has 2 rings (SSSR count). The second-order valence-corrected chi connectivity index (χ2v) is 4.99. The number of hydrogen-bond acceptors (Lipinski definition) is 3. The largest absolute Gasteiger partial charge is 0.496 e. The van der Waals surface area contributed by atoms with E-state index in [1.807, 2.05) is 6.92 Å². The van der Waals surface area contributed by atoms with Crippen LogP contribution in [0, 0.1) is 0 Å². The fourth-order valence-electron chi connectivity index (χ4n) is 2.26. The summed E-state index contributed by atoms with van der Waals surface area (Å²) in [6, 6.07) is 5.24. The average molecular weight is 257 g/mol. The molecule has 1 aliphatic rings. The molecular formula is C13H17ClO3. The van der Waals surface area contributed by atoms with Gasteiger partial charge in [-0.05, 0) is 38.0 Å². The molecule has 0 radical (unpaired) electrons. The van der Waals surface area contributed by atoms with Crippen molar-refractivity contribution in [1.82, 2.24) is 0 Å². The first-order valence-electron chi connectivity index (χ1n) is 5.72. The summed E-state index contributed by atoms with van der Waals surface area (Å²) in [5.74, 6) is 0.638. The second kappa shape index (κ2) is 4.84. The van der Waals surface area contributed by atoms with E-state index in [4.69, 9.17) is 21.1 Å². The monoisotopic (exact) mass is 256 g/mol. The van der Waals surface area contributed by atoms with Gasteiger partial charge in [0.1, 0.15) is 11.9 Å². The smallest absolute Gasteiger partial charge is 0.124 e. The quantitative estimate of drug-likeness (QED) is 0.904. The lowest BCUT2D eigenvalue weighted by Crippen LogP contribution is -2.32. The Morgan fingerprint density at radius 2 is 2.29 bits per heavy atom. The van der Waals surface area contributed by atoms with Gasteiger partial charge in [-0.3, -0.25) is 0 Å². The van der Waals surface area contributed by atoms with Gasteiger partial charge in [0.25, 0.3) is 0 Å². The van der Waals surface area contributed by atoms with Crippen LogP contribution in [0.2, 0.25) is 5.02 Å². The first-order valence-corrected chi connectivity index (χ1v) is 6.10. The van der Waals surface area contributed by atoms with Crippen molar-refractivity contribution in [2.45, 2.75) is 31.5 Å². The maximum Gasteiger partial charge on any atom is 0.124 e. The Morgan fingerprint density at radius 3 is 2.88 bits per heavy atom. The summed E-state index contributed by atoms with van der Waals surface area (Å²) < 4.78 is 10.9. The lowest BCUT2D eigenvalue weighted by molar-refractivity contribution is -0.0803. The lowest BCUT2D eigenvalue weighted by Gasteiger charge is -2.30. The zero-order chi connectivity index (χ0) is 12.5. The van der Waals surface area contributed by atoms with Crippen LogP contribution >= 0.6 is 11.6 Å². The Bertz CT molecular complexity index is 400. The fraction of sp³-hybridized carbons (Fsp3) is 0.538. The van der Waals surface area contributed by atoms with Crippen LogP contribution in [0.5, 0.6) is 5.75 Å². The van der Waals surface area contributed by atoms with Gasteiger partial charge < -0.3 is 14.6 Å². The van der Waals surface area contributed by atoms with Crippen LogP contribution in [-0.4, -0.2) is 24.4 Å². The molecule has 0 aliphatic carbocycles. The summed E-state index contributed by atoms with van der Waals surface area (Å²) in [4.78, 5) is 0. The van der Waals surface area contributed by atoms with Crippen molar-refractivity contribution in [3.63, 3.8) is 0 Å². The van der Waals surface area contributed by atoms with Crippen LogP contribution in [0.4, 0.5) is 0 Å². The SMILES string of the molecule is COc1ccc(Cl)cc1C(O)C1(C)CCCO1. The molecular weight excluding hydrogens is 240 g/mol. The van der Waals surface area contributed by atoms with Crippen LogP contribution in [0.1, 0.15) is 31.4 Å². The number of ether oxygens (including phenoxy) is 2. The predicted octanol–water partition coefficient (Wildman–Crippen LogP) is 2.95. The minimum Gasteiger partial charge on any atom is -0.496 e. The van der Waals surface area contributed by atoms with E-state index < -0.39 is 11.7 Å². The molecule has 1 fully saturated rings. The molecule has 4 heteroatoms. The van der Waals surface area contributed by atoms with E-state index in [9.17, 15) is 5.11 Å². The van der Waals surface area contributed by atoms with Gasteiger partial charge in [0.2, 0.25) is 0 Å². The predicted molar refractivity (Wildman–Crippen MR) is 66.6 cm³/mol. The van der Waals surface area contributed by atoms with Crippen molar-refractivity contribution in [3.05, 3.63) is 28.8 Å².